The SMILES string of the molecule is c1cc2cc(c1)C1(c3cccc(c3)N3CN(C4=C3CCCC4)C3(c4ccccc4-c4ccccc43)N3CN2C2=C3CCCC2)c2ccccc2-c2ccccc21. The highest BCUT2D eigenvalue weighted by molar-refractivity contribution is 5.87. The van der Waals surface area contributed by atoms with Gasteiger partial charge in [0.2, 0.25) is 0 Å². The van der Waals surface area contributed by atoms with E-state index in [9.17, 15) is 0 Å². The van der Waals surface area contributed by atoms with Crippen LogP contribution in [-0.4, -0.2) is 23.1 Å². The standard InChI is InChI=1S/C52H44N4/c1-5-23-43-39(19-1)40-20-2-6-24-44(40)51(43)35-15-13-17-37(31-35)53-33-55(49-29-11-9-27-47(49)53)52(45-25-7-3-21-41(45)42-22-4-8-26-46(42)52)56-34-54(38-18-14-16-36(51)32-38)48-28-10-12-30-50(48)56/h1-8,13-26,31-32H,9-12,27-30,33-34H2. The number of benzene rings is 6. The maximum atomic E-state index is 2.89. The maximum Gasteiger partial charge on any atom is 0.170 e. The van der Waals surface area contributed by atoms with Crippen molar-refractivity contribution in [2.24, 2.45) is 0 Å². The van der Waals surface area contributed by atoms with Crippen molar-refractivity contribution in [3.63, 3.8) is 0 Å². The predicted molar refractivity (Wildman–Crippen MR) is 226 cm³/mol. The predicted octanol–water partition coefficient (Wildman–Crippen LogP) is 11.7. The van der Waals surface area contributed by atoms with Crippen molar-refractivity contribution >= 4 is 11.4 Å². The summed E-state index contributed by atoms with van der Waals surface area (Å²) in [6.07, 6.45) is 9.33. The molecule has 8 bridgehead atoms. The van der Waals surface area contributed by atoms with E-state index >= 15 is 0 Å². The lowest BCUT2D eigenvalue weighted by molar-refractivity contribution is 0.0264. The van der Waals surface area contributed by atoms with E-state index in [1.165, 1.54) is 115 Å². The summed E-state index contributed by atoms with van der Waals surface area (Å²) >= 11 is 0. The van der Waals surface area contributed by atoms with Gasteiger partial charge in [-0.25, -0.2) is 0 Å². The van der Waals surface area contributed by atoms with Gasteiger partial charge >= 0.3 is 0 Å². The quantitative estimate of drug-likeness (QED) is 0.154. The Labute approximate surface area is 329 Å². The smallest absolute Gasteiger partial charge is 0.170 e. The highest BCUT2D eigenvalue weighted by atomic mass is 15.5. The zero-order valence-electron chi connectivity index (χ0n) is 31.7. The molecule has 13 rings (SSSR count). The number of fused-ring (bicyclic) bond motifs is 28. The Morgan fingerprint density at radius 1 is 0.357 bits per heavy atom. The van der Waals surface area contributed by atoms with Crippen molar-refractivity contribution in [2.75, 3.05) is 23.1 Å². The van der Waals surface area contributed by atoms with Gasteiger partial charge in [0.25, 0.3) is 0 Å². The van der Waals surface area contributed by atoms with E-state index in [2.05, 4.69) is 165 Å². The number of anilines is 2. The van der Waals surface area contributed by atoms with Crippen molar-refractivity contribution in [2.45, 2.75) is 62.4 Å². The average Bonchev–Trinajstić information content (AvgIpc) is 4.01. The van der Waals surface area contributed by atoms with E-state index in [1.807, 2.05) is 0 Å². The number of nitrogens with zero attached hydrogens (tertiary/aromatic N) is 4. The third-order valence-electron chi connectivity index (χ3n) is 14.5. The van der Waals surface area contributed by atoms with E-state index in [4.69, 9.17) is 0 Å². The highest BCUT2D eigenvalue weighted by Gasteiger charge is 2.58. The van der Waals surface area contributed by atoms with Gasteiger partial charge in [0.15, 0.2) is 5.66 Å². The molecule has 4 aliphatic carbocycles. The lowest BCUT2D eigenvalue weighted by atomic mass is 9.67. The van der Waals surface area contributed by atoms with Gasteiger partial charge in [-0.2, -0.15) is 0 Å². The van der Waals surface area contributed by atoms with Crippen LogP contribution in [0.2, 0.25) is 0 Å². The van der Waals surface area contributed by atoms with Gasteiger partial charge in [-0.1, -0.05) is 121 Å². The average molecular weight is 725 g/mol. The molecule has 3 aliphatic heterocycles. The number of hydrogen-bond donors (Lipinski definition) is 0. The van der Waals surface area contributed by atoms with E-state index < -0.39 is 11.1 Å². The molecule has 0 aromatic heterocycles. The summed E-state index contributed by atoms with van der Waals surface area (Å²) in [6, 6.07) is 56.5. The summed E-state index contributed by atoms with van der Waals surface area (Å²) < 4.78 is 0. The molecule has 2 spiro atoms. The van der Waals surface area contributed by atoms with Crippen molar-refractivity contribution in [3.8, 4) is 22.3 Å². The molecular weight excluding hydrogens is 681 g/mol. The Bertz CT molecular complexity index is 2530. The van der Waals surface area contributed by atoms with Crippen LogP contribution in [0.4, 0.5) is 11.4 Å². The van der Waals surface area contributed by atoms with Crippen LogP contribution in [0.3, 0.4) is 0 Å². The van der Waals surface area contributed by atoms with Gasteiger partial charge in [0.1, 0.15) is 0 Å². The molecule has 4 nitrogen and oxygen atoms in total. The third-order valence-corrected chi connectivity index (χ3v) is 14.5. The van der Waals surface area contributed by atoms with E-state index in [1.54, 1.807) is 0 Å². The summed E-state index contributed by atoms with van der Waals surface area (Å²) in [5.74, 6) is 0. The number of rotatable bonds is 0. The summed E-state index contributed by atoms with van der Waals surface area (Å²) in [5.41, 5.74) is 21.5. The first kappa shape index (κ1) is 31.2. The fourth-order valence-electron chi connectivity index (χ4n) is 12.4. The summed E-state index contributed by atoms with van der Waals surface area (Å²) in [5, 5.41) is 0. The molecule has 6 aromatic rings. The first-order chi connectivity index (χ1) is 27.8. The molecule has 0 saturated carbocycles. The molecule has 0 unspecified atom stereocenters. The molecule has 0 amide bonds. The van der Waals surface area contributed by atoms with Gasteiger partial charge in [-0.3, -0.25) is 0 Å². The van der Waals surface area contributed by atoms with Gasteiger partial charge in [-0.05, 0) is 120 Å². The first-order valence-electron chi connectivity index (χ1n) is 20.9. The number of hydrogen-bond acceptors (Lipinski definition) is 4. The molecule has 3 heterocycles. The van der Waals surface area contributed by atoms with Crippen LogP contribution in [0, 0.1) is 0 Å². The maximum absolute atomic E-state index is 2.89. The molecule has 0 fully saturated rings. The van der Waals surface area contributed by atoms with Crippen molar-refractivity contribution in [3.05, 3.63) is 202 Å². The van der Waals surface area contributed by atoms with Crippen LogP contribution < -0.4 is 9.80 Å². The monoisotopic (exact) mass is 724 g/mol. The van der Waals surface area contributed by atoms with Crippen LogP contribution in [0.1, 0.15) is 84.7 Å². The summed E-state index contributed by atoms with van der Waals surface area (Å²) in [4.78, 5) is 11.2. The van der Waals surface area contributed by atoms with Crippen molar-refractivity contribution in [1.82, 2.24) is 9.80 Å². The molecule has 7 aliphatic rings. The molecule has 0 radical (unpaired) electrons. The van der Waals surface area contributed by atoms with Gasteiger partial charge in [0, 0.05) is 45.3 Å². The van der Waals surface area contributed by atoms with Crippen molar-refractivity contribution < 1.29 is 0 Å². The zero-order chi connectivity index (χ0) is 36.6. The van der Waals surface area contributed by atoms with Crippen LogP contribution in [0.25, 0.3) is 22.3 Å². The van der Waals surface area contributed by atoms with Gasteiger partial charge in [-0.15, -0.1) is 0 Å². The molecule has 272 valence electrons. The minimum absolute atomic E-state index is 0.458. The topological polar surface area (TPSA) is 13.0 Å². The third kappa shape index (κ3) is 3.76. The normalized spacial score (nSPS) is 20.1. The largest absolute Gasteiger partial charge is 0.325 e. The van der Waals surface area contributed by atoms with Gasteiger partial charge < -0.3 is 19.6 Å². The zero-order valence-corrected chi connectivity index (χ0v) is 31.7. The van der Waals surface area contributed by atoms with Crippen molar-refractivity contribution in [1.29, 1.82) is 0 Å². The lowest BCUT2D eigenvalue weighted by Gasteiger charge is -2.51. The fraction of sp³-hybridized carbons (Fsp3) is 0.231. The Morgan fingerprint density at radius 3 is 1.18 bits per heavy atom. The minimum Gasteiger partial charge on any atom is -0.325 e. The molecule has 56 heavy (non-hydrogen) atoms. The van der Waals surface area contributed by atoms with Gasteiger partial charge in [0.05, 0.1) is 18.8 Å². The van der Waals surface area contributed by atoms with Crippen LogP contribution in [0.15, 0.2) is 168 Å². The van der Waals surface area contributed by atoms with E-state index in [0.717, 1.165) is 39.0 Å². The minimum atomic E-state index is -0.476. The van der Waals surface area contributed by atoms with Crippen LogP contribution in [0.5, 0.6) is 0 Å². The molecular formula is C52H44N4. The number of allylic oxidation sites excluding steroid dienone is 4. The molecule has 0 atom stereocenters. The summed E-state index contributed by atoms with van der Waals surface area (Å²) in [6.45, 7) is 1.64. The van der Waals surface area contributed by atoms with E-state index in [0.29, 0.717) is 0 Å². The molecule has 6 aromatic carbocycles. The Morgan fingerprint density at radius 2 is 0.732 bits per heavy atom. The Hall–Kier alpha value is -6.00. The van der Waals surface area contributed by atoms with Crippen LogP contribution >= 0.6 is 0 Å². The lowest BCUT2D eigenvalue weighted by Crippen LogP contribution is -2.57. The summed E-state index contributed by atoms with van der Waals surface area (Å²) in [7, 11) is 0. The highest BCUT2D eigenvalue weighted by Crippen LogP contribution is 2.61. The van der Waals surface area contributed by atoms with Crippen LogP contribution in [-0.2, 0) is 11.1 Å². The van der Waals surface area contributed by atoms with E-state index in [-0.39, 0.29) is 0 Å². The molecule has 4 heteroatoms. The first-order valence-corrected chi connectivity index (χ1v) is 20.9. The second-order valence-corrected chi connectivity index (χ2v) is 16.9. The second kappa shape index (κ2) is 11.3. The molecule has 0 saturated heterocycles. The Kier molecular flexibility index (Phi) is 6.30. The molecule has 0 N–H and O–H groups in total. The second-order valence-electron chi connectivity index (χ2n) is 16.9. The Balaban J connectivity index is 1.15. The fourth-order valence-corrected chi connectivity index (χ4v) is 12.4.